The molecule has 0 saturated carbocycles. The fraction of sp³-hybridized carbons (Fsp3) is 0.296. The largest absolute Gasteiger partial charge is 0.320 e. The summed E-state index contributed by atoms with van der Waals surface area (Å²) in [7, 11) is -2.84. The van der Waals surface area contributed by atoms with Gasteiger partial charge in [-0.15, -0.1) is 0 Å². The first-order chi connectivity index (χ1) is 16.7. The van der Waals surface area contributed by atoms with Gasteiger partial charge in [0.25, 0.3) is 0 Å². The van der Waals surface area contributed by atoms with Gasteiger partial charge in [0.2, 0.25) is 15.8 Å². The topological polar surface area (TPSA) is 66.5 Å². The Bertz CT molecular complexity index is 1140. The highest BCUT2D eigenvalue weighted by molar-refractivity contribution is 7.89. The summed E-state index contributed by atoms with van der Waals surface area (Å²) in [5, 5.41) is 2.65. The van der Waals surface area contributed by atoms with Crippen molar-refractivity contribution >= 4 is 15.8 Å². The van der Waals surface area contributed by atoms with E-state index < -0.39 is 34.3 Å². The zero-order valence-corrected chi connectivity index (χ0v) is 21.0. The zero-order chi connectivity index (χ0) is 25.9. The number of alkyl halides is 2. The van der Waals surface area contributed by atoms with E-state index in [1.807, 2.05) is 13.8 Å². The highest BCUT2D eigenvalue weighted by atomic mass is 32.2. The minimum absolute atomic E-state index is 0.0654. The summed E-state index contributed by atoms with van der Waals surface area (Å²) in [6.45, 7) is 2.45. The summed E-state index contributed by atoms with van der Waals surface area (Å²) >= 11 is 0. The summed E-state index contributed by atoms with van der Waals surface area (Å²) in [4.78, 5) is 12.7. The summed E-state index contributed by atoms with van der Waals surface area (Å²) < 4.78 is 57.7. The molecule has 0 aliphatic rings. The van der Waals surface area contributed by atoms with Crippen LogP contribution in [-0.2, 0) is 27.8 Å². The van der Waals surface area contributed by atoms with E-state index in [1.54, 1.807) is 66.7 Å². The van der Waals surface area contributed by atoms with Gasteiger partial charge in [-0.25, -0.2) is 8.42 Å². The van der Waals surface area contributed by atoms with Gasteiger partial charge >= 0.3 is 5.92 Å². The Kier molecular flexibility index (Phi) is 10.7. The Morgan fingerprint density at radius 3 is 1.80 bits per heavy atom. The molecule has 0 aliphatic carbocycles. The van der Waals surface area contributed by atoms with E-state index in [4.69, 9.17) is 0 Å². The molecule has 8 heteroatoms. The third-order valence-corrected chi connectivity index (χ3v) is 7.07. The molecule has 0 aliphatic heterocycles. The van der Waals surface area contributed by atoms with Crippen LogP contribution in [0.25, 0.3) is 0 Å². The maximum Gasteiger partial charge on any atom is 0.320 e. The number of ketones is 1. The number of benzene rings is 3. The lowest BCUT2D eigenvalue weighted by Gasteiger charge is -2.28. The van der Waals surface area contributed by atoms with E-state index in [0.29, 0.717) is 9.87 Å². The van der Waals surface area contributed by atoms with Crippen molar-refractivity contribution < 1.29 is 22.0 Å². The standard InChI is InChI=1S/C25H26F2N2O3S.C2H6/c1-28-23(17-20-11-5-2-6-12-20)24(30)25(26,27)19-29(18-21-13-7-3-8-14-21)33(31,32)22-15-9-4-10-16-22;1-2/h2-16,23,28H,17-19H2,1H3;1-2H3/t23-;/m0./s1. The SMILES string of the molecule is CC.CN[C@@H](Cc1ccccc1)C(=O)C(F)(F)CN(Cc1ccccc1)S(=O)(=O)c1ccccc1. The molecule has 3 aromatic rings. The predicted octanol–water partition coefficient (Wildman–Crippen LogP) is 4.94. The molecule has 5 nitrogen and oxygen atoms in total. The van der Waals surface area contributed by atoms with Crippen molar-refractivity contribution in [3.63, 3.8) is 0 Å². The van der Waals surface area contributed by atoms with Crippen LogP contribution in [0.15, 0.2) is 95.9 Å². The van der Waals surface area contributed by atoms with E-state index in [1.165, 1.54) is 31.3 Å². The monoisotopic (exact) mass is 502 g/mol. The third kappa shape index (κ3) is 7.78. The smallest absolute Gasteiger partial charge is 0.310 e. The van der Waals surface area contributed by atoms with Crippen LogP contribution in [0.4, 0.5) is 8.78 Å². The van der Waals surface area contributed by atoms with Crippen molar-refractivity contribution in [2.45, 2.75) is 43.7 Å². The number of hydrogen-bond donors (Lipinski definition) is 1. The Labute approximate surface area is 206 Å². The van der Waals surface area contributed by atoms with Gasteiger partial charge in [-0.05, 0) is 36.7 Å². The van der Waals surface area contributed by atoms with Crippen molar-refractivity contribution in [1.82, 2.24) is 9.62 Å². The summed E-state index contributed by atoms with van der Waals surface area (Å²) in [6, 6.07) is 23.5. The molecule has 0 fully saturated rings. The Hall–Kier alpha value is -2.94. The minimum atomic E-state index is -4.28. The van der Waals surface area contributed by atoms with E-state index >= 15 is 8.78 Å². The number of rotatable bonds is 11. The summed E-state index contributed by atoms with van der Waals surface area (Å²) in [5.74, 6) is -5.26. The molecule has 1 N–H and O–H groups in total. The molecular formula is C27H32F2N2O3S. The molecule has 0 spiro atoms. The van der Waals surface area contributed by atoms with Crippen molar-refractivity contribution in [2.75, 3.05) is 13.6 Å². The van der Waals surface area contributed by atoms with Crippen molar-refractivity contribution in [2.24, 2.45) is 0 Å². The summed E-state index contributed by atoms with van der Waals surface area (Å²) in [5.41, 5.74) is 1.26. The molecule has 0 amide bonds. The lowest BCUT2D eigenvalue weighted by atomic mass is 9.98. The molecule has 0 aromatic heterocycles. The molecule has 3 aromatic carbocycles. The van der Waals surface area contributed by atoms with Gasteiger partial charge in [-0.1, -0.05) is 92.7 Å². The molecule has 1 atom stereocenters. The van der Waals surface area contributed by atoms with Gasteiger partial charge in [-0.3, -0.25) is 4.79 Å². The highest BCUT2D eigenvalue weighted by Gasteiger charge is 2.46. The molecule has 0 saturated heterocycles. The van der Waals surface area contributed by atoms with Crippen molar-refractivity contribution in [3.05, 3.63) is 102 Å². The maximum absolute atomic E-state index is 15.3. The van der Waals surface area contributed by atoms with E-state index in [2.05, 4.69) is 5.32 Å². The van der Waals surface area contributed by atoms with Gasteiger partial charge in [0.15, 0.2) is 0 Å². The fourth-order valence-electron chi connectivity index (χ4n) is 3.48. The van der Waals surface area contributed by atoms with Gasteiger partial charge in [0.1, 0.15) is 0 Å². The number of nitrogens with one attached hydrogen (secondary N) is 1. The first-order valence-electron chi connectivity index (χ1n) is 11.5. The van der Waals surface area contributed by atoms with Gasteiger partial charge in [0.05, 0.1) is 17.5 Å². The average molecular weight is 503 g/mol. The molecule has 0 heterocycles. The van der Waals surface area contributed by atoms with Crippen LogP contribution in [-0.4, -0.2) is 44.1 Å². The molecule has 188 valence electrons. The van der Waals surface area contributed by atoms with Gasteiger partial charge in [0, 0.05) is 6.54 Å². The number of nitrogens with zero attached hydrogens (tertiary/aromatic N) is 1. The van der Waals surface area contributed by atoms with E-state index in [9.17, 15) is 13.2 Å². The van der Waals surface area contributed by atoms with Crippen LogP contribution >= 0.6 is 0 Å². The lowest BCUT2D eigenvalue weighted by Crippen LogP contribution is -2.52. The van der Waals surface area contributed by atoms with E-state index in [-0.39, 0.29) is 17.9 Å². The van der Waals surface area contributed by atoms with Crippen LogP contribution < -0.4 is 5.32 Å². The fourth-order valence-corrected chi connectivity index (χ4v) is 4.93. The van der Waals surface area contributed by atoms with Gasteiger partial charge in [-0.2, -0.15) is 13.1 Å². The quantitative estimate of drug-likeness (QED) is 0.403. The van der Waals surface area contributed by atoms with Crippen molar-refractivity contribution in [1.29, 1.82) is 0 Å². The Morgan fingerprint density at radius 1 is 0.857 bits per heavy atom. The molecule has 35 heavy (non-hydrogen) atoms. The molecule has 3 rings (SSSR count). The lowest BCUT2D eigenvalue weighted by molar-refractivity contribution is -0.146. The third-order valence-electron chi connectivity index (χ3n) is 5.27. The second-order valence-corrected chi connectivity index (χ2v) is 9.61. The predicted molar refractivity (Wildman–Crippen MR) is 135 cm³/mol. The number of sulfonamides is 1. The first-order valence-corrected chi connectivity index (χ1v) is 12.9. The molecule has 0 radical (unpaired) electrons. The maximum atomic E-state index is 15.3. The number of Topliss-reactive ketones (excluding diaryl/α,β-unsaturated/α-hetero) is 1. The van der Waals surface area contributed by atoms with Crippen LogP contribution in [0.5, 0.6) is 0 Å². The number of likely N-dealkylation sites (N-methyl/N-ethyl adjacent to an activating group) is 1. The molecular weight excluding hydrogens is 470 g/mol. The highest BCUT2D eigenvalue weighted by Crippen LogP contribution is 2.26. The van der Waals surface area contributed by atoms with Crippen LogP contribution in [0.1, 0.15) is 25.0 Å². The van der Waals surface area contributed by atoms with Crippen LogP contribution in [0, 0.1) is 0 Å². The number of carbonyl (C=O) groups excluding carboxylic acids is 1. The average Bonchev–Trinajstić information content (AvgIpc) is 2.89. The van der Waals surface area contributed by atoms with Crippen LogP contribution in [0.2, 0.25) is 0 Å². The second-order valence-electron chi connectivity index (χ2n) is 7.67. The van der Waals surface area contributed by atoms with E-state index in [0.717, 1.165) is 5.56 Å². The zero-order valence-electron chi connectivity index (χ0n) is 20.2. The normalized spacial score (nSPS) is 12.5. The summed E-state index contributed by atoms with van der Waals surface area (Å²) in [6.07, 6.45) is 0.0654. The Morgan fingerprint density at radius 2 is 1.31 bits per heavy atom. The number of carbonyl (C=O) groups is 1. The molecule has 0 unspecified atom stereocenters. The Balaban J connectivity index is 0.00000210. The first kappa shape index (κ1) is 28.3. The number of hydrogen-bond acceptors (Lipinski definition) is 4. The second kappa shape index (κ2) is 13.2. The van der Waals surface area contributed by atoms with Crippen molar-refractivity contribution in [3.8, 4) is 0 Å². The number of halogens is 2. The molecule has 0 bridgehead atoms. The minimum Gasteiger partial charge on any atom is -0.310 e. The van der Waals surface area contributed by atoms with Crippen LogP contribution in [0.3, 0.4) is 0 Å². The van der Waals surface area contributed by atoms with Gasteiger partial charge < -0.3 is 5.32 Å².